The number of aliphatic hydroxyl groups excluding tert-OH is 1. The van der Waals surface area contributed by atoms with Crippen molar-refractivity contribution < 1.29 is 19.4 Å². The third kappa shape index (κ3) is 3.58. The molecule has 6 heteroatoms. The van der Waals surface area contributed by atoms with E-state index >= 15 is 0 Å². The number of ether oxygens (including phenoxy) is 2. The number of unbranched alkanes of at least 4 members (excludes halogenated alkanes) is 1. The second-order valence-electron chi connectivity index (χ2n) is 7.34. The van der Waals surface area contributed by atoms with E-state index in [1.807, 2.05) is 13.0 Å². The quantitative estimate of drug-likeness (QED) is 0.562. The average molecular weight is 390 g/mol. The van der Waals surface area contributed by atoms with Gasteiger partial charge in [-0.25, -0.2) is 4.79 Å². The van der Waals surface area contributed by atoms with Gasteiger partial charge in [-0.05, 0) is 57.2 Å². The number of esters is 1. The van der Waals surface area contributed by atoms with Crippen LogP contribution in [0.1, 0.15) is 60.4 Å². The van der Waals surface area contributed by atoms with Crippen LogP contribution in [0.5, 0.6) is 0 Å². The summed E-state index contributed by atoms with van der Waals surface area (Å²) >= 11 is 1.49. The molecular formula is C21H27NO4S. The van der Waals surface area contributed by atoms with Crippen molar-refractivity contribution in [2.24, 2.45) is 5.92 Å². The molecule has 146 valence electrons. The fraction of sp³-hybridized carbons (Fsp3) is 0.571. The van der Waals surface area contributed by atoms with Crippen LogP contribution in [-0.2, 0) is 9.47 Å². The lowest BCUT2D eigenvalue weighted by Crippen LogP contribution is -2.41. The fourth-order valence-corrected chi connectivity index (χ4v) is 5.42. The summed E-state index contributed by atoms with van der Waals surface area (Å²) in [5.74, 6) is 0.181. The van der Waals surface area contributed by atoms with Crippen molar-refractivity contribution in [3.05, 3.63) is 28.6 Å². The van der Waals surface area contributed by atoms with Crippen LogP contribution in [0.15, 0.2) is 18.2 Å². The monoisotopic (exact) mass is 389 g/mol. The van der Waals surface area contributed by atoms with Crippen LogP contribution in [0.25, 0.3) is 10.1 Å². The molecule has 5 nitrogen and oxygen atoms in total. The highest BCUT2D eigenvalue weighted by atomic mass is 32.1. The lowest BCUT2D eigenvalue weighted by atomic mass is 9.77. The maximum atomic E-state index is 12.2. The van der Waals surface area contributed by atoms with Crippen LogP contribution in [0.3, 0.4) is 0 Å². The lowest BCUT2D eigenvalue weighted by molar-refractivity contribution is -0.0378. The zero-order valence-corrected chi connectivity index (χ0v) is 16.5. The van der Waals surface area contributed by atoms with Crippen molar-refractivity contribution in [1.29, 1.82) is 0 Å². The van der Waals surface area contributed by atoms with Crippen LogP contribution >= 0.6 is 11.3 Å². The fourth-order valence-electron chi connectivity index (χ4n) is 4.45. The van der Waals surface area contributed by atoms with E-state index in [0.29, 0.717) is 23.4 Å². The third-order valence-electron chi connectivity index (χ3n) is 5.65. The van der Waals surface area contributed by atoms with E-state index < -0.39 is 0 Å². The zero-order chi connectivity index (χ0) is 18.8. The highest BCUT2D eigenvalue weighted by molar-refractivity contribution is 7.20. The topological polar surface area (TPSA) is 67.8 Å². The minimum absolute atomic E-state index is 0.0717. The first-order valence-corrected chi connectivity index (χ1v) is 10.8. The smallest absolute Gasteiger partial charge is 0.348 e. The number of carbonyl (C=O) groups is 1. The van der Waals surface area contributed by atoms with Crippen molar-refractivity contribution in [3.63, 3.8) is 0 Å². The normalized spacial score (nSPS) is 24.1. The molecule has 0 radical (unpaired) electrons. The van der Waals surface area contributed by atoms with Gasteiger partial charge in [0.1, 0.15) is 4.88 Å². The van der Waals surface area contributed by atoms with E-state index in [-0.39, 0.29) is 18.7 Å². The van der Waals surface area contributed by atoms with Gasteiger partial charge in [0, 0.05) is 46.5 Å². The van der Waals surface area contributed by atoms with Gasteiger partial charge in [-0.1, -0.05) is 0 Å². The number of nitrogens with one attached hydrogen (secondary N) is 1. The van der Waals surface area contributed by atoms with Crippen molar-refractivity contribution >= 4 is 33.1 Å². The van der Waals surface area contributed by atoms with E-state index in [9.17, 15) is 4.79 Å². The molecule has 2 aromatic rings. The van der Waals surface area contributed by atoms with Crippen LogP contribution in [-0.4, -0.2) is 36.9 Å². The predicted octanol–water partition coefficient (Wildman–Crippen LogP) is 4.50. The van der Waals surface area contributed by atoms with Gasteiger partial charge < -0.3 is 19.9 Å². The number of hydrogen-bond donors (Lipinski definition) is 2. The number of anilines is 1. The Morgan fingerprint density at radius 2 is 2.30 bits per heavy atom. The van der Waals surface area contributed by atoms with Crippen LogP contribution < -0.4 is 5.32 Å². The molecule has 27 heavy (non-hydrogen) atoms. The molecule has 3 heterocycles. The highest BCUT2D eigenvalue weighted by Gasteiger charge is 2.40. The molecule has 1 saturated heterocycles. The van der Waals surface area contributed by atoms with E-state index in [0.717, 1.165) is 54.5 Å². The summed E-state index contributed by atoms with van der Waals surface area (Å²) in [4.78, 5) is 12.8. The van der Waals surface area contributed by atoms with Gasteiger partial charge in [-0.15, -0.1) is 11.3 Å². The third-order valence-corrected chi connectivity index (χ3v) is 6.73. The van der Waals surface area contributed by atoms with Gasteiger partial charge in [0.2, 0.25) is 0 Å². The summed E-state index contributed by atoms with van der Waals surface area (Å²) in [5, 5.41) is 14.0. The molecular weight excluding hydrogens is 362 g/mol. The number of carbonyl (C=O) groups excluding carboxylic acids is 1. The predicted molar refractivity (Wildman–Crippen MR) is 108 cm³/mol. The van der Waals surface area contributed by atoms with Crippen LogP contribution in [0, 0.1) is 5.92 Å². The number of aliphatic hydroxyl groups is 1. The first-order chi connectivity index (χ1) is 13.2. The minimum Gasteiger partial charge on any atom is -0.462 e. The molecule has 2 N–H and O–H groups in total. The molecule has 2 aliphatic rings. The molecule has 2 aliphatic heterocycles. The average Bonchev–Trinajstić information content (AvgIpc) is 3.12. The molecule has 0 aliphatic carbocycles. The van der Waals surface area contributed by atoms with Crippen molar-refractivity contribution in [2.45, 2.75) is 51.2 Å². The van der Waals surface area contributed by atoms with Gasteiger partial charge in [0.05, 0.1) is 12.7 Å². The van der Waals surface area contributed by atoms with Crippen molar-refractivity contribution in [2.75, 3.05) is 25.1 Å². The second-order valence-corrected chi connectivity index (χ2v) is 8.42. The first kappa shape index (κ1) is 18.7. The number of rotatable bonds is 6. The summed E-state index contributed by atoms with van der Waals surface area (Å²) in [6.45, 7) is 3.25. The first-order valence-electron chi connectivity index (χ1n) is 9.95. The second kappa shape index (κ2) is 8.17. The Kier molecular flexibility index (Phi) is 5.66. The van der Waals surface area contributed by atoms with E-state index in [1.165, 1.54) is 16.9 Å². The van der Waals surface area contributed by atoms with Gasteiger partial charge in [0.15, 0.2) is 0 Å². The molecule has 1 aromatic heterocycles. The van der Waals surface area contributed by atoms with Crippen LogP contribution in [0.4, 0.5) is 5.69 Å². The van der Waals surface area contributed by atoms with E-state index in [2.05, 4.69) is 17.4 Å². The zero-order valence-electron chi connectivity index (χ0n) is 15.7. The minimum atomic E-state index is -0.251. The molecule has 0 amide bonds. The van der Waals surface area contributed by atoms with Gasteiger partial charge in [-0.3, -0.25) is 0 Å². The lowest BCUT2D eigenvalue weighted by Gasteiger charge is -2.43. The highest BCUT2D eigenvalue weighted by Crippen LogP contribution is 2.48. The van der Waals surface area contributed by atoms with Gasteiger partial charge in [0.25, 0.3) is 0 Å². The SMILES string of the molecule is CCOC(=O)c1cc2c3c(ccc2s1)NC(CCCCO)C1CCCOC31. The Morgan fingerprint density at radius 3 is 3.11 bits per heavy atom. The van der Waals surface area contributed by atoms with Gasteiger partial charge in [-0.2, -0.15) is 0 Å². The van der Waals surface area contributed by atoms with E-state index in [4.69, 9.17) is 14.6 Å². The van der Waals surface area contributed by atoms with Crippen LogP contribution in [0.2, 0.25) is 0 Å². The molecule has 0 bridgehead atoms. The maximum absolute atomic E-state index is 12.2. The summed E-state index contributed by atoms with van der Waals surface area (Å²) in [5.41, 5.74) is 2.32. The number of hydrogen-bond acceptors (Lipinski definition) is 6. The summed E-state index contributed by atoms with van der Waals surface area (Å²) in [6.07, 6.45) is 5.20. The Morgan fingerprint density at radius 1 is 1.41 bits per heavy atom. The Labute approximate surface area is 163 Å². The Bertz CT molecular complexity index is 818. The summed E-state index contributed by atoms with van der Waals surface area (Å²) < 4.78 is 12.6. The molecule has 4 rings (SSSR count). The number of benzene rings is 1. The molecule has 0 saturated carbocycles. The Balaban J connectivity index is 1.71. The number of fused-ring (bicyclic) bond motifs is 5. The van der Waals surface area contributed by atoms with Crippen molar-refractivity contribution in [1.82, 2.24) is 0 Å². The molecule has 3 atom stereocenters. The summed E-state index contributed by atoms with van der Waals surface area (Å²) in [7, 11) is 0. The van der Waals surface area contributed by atoms with E-state index in [1.54, 1.807) is 0 Å². The van der Waals surface area contributed by atoms with Gasteiger partial charge >= 0.3 is 5.97 Å². The standard InChI is InChI=1S/C21H27NO4S/c1-2-25-21(24)18-12-14-17(27-18)9-8-16-19(14)20-13(6-5-11-26-20)15(22-16)7-3-4-10-23/h8-9,12-13,15,20,22-23H,2-7,10-11H2,1H3. The molecule has 0 spiro atoms. The van der Waals surface area contributed by atoms with Crippen molar-refractivity contribution in [3.8, 4) is 0 Å². The molecule has 1 aromatic carbocycles. The molecule has 3 unspecified atom stereocenters. The number of thiophene rings is 1. The summed E-state index contributed by atoms with van der Waals surface area (Å²) in [6, 6.07) is 6.55. The maximum Gasteiger partial charge on any atom is 0.348 e. The molecule has 1 fully saturated rings. The largest absolute Gasteiger partial charge is 0.462 e. The Hall–Kier alpha value is -1.63.